The third-order valence-electron chi connectivity index (χ3n) is 6.15. The maximum atomic E-state index is 13.0. The Kier molecular flexibility index (Phi) is 6.83. The van der Waals surface area contributed by atoms with E-state index in [0.29, 0.717) is 26.2 Å². The zero-order valence-electron chi connectivity index (χ0n) is 19.9. The molecular formula is C27H28N6OS. The number of thiophene rings is 1. The first-order valence-electron chi connectivity index (χ1n) is 11.7. The summed E-state index contributed by atoms with van der Waals surface area (Å²) in [7, 11) is 0. The van der Waals surface area contributed by atoms with Crippen LogP contribution in [0.15, 0.2) is 70.8 Å². The Morgan fingerprint density at radius 3 is 2.66 bits per heavy atom. The predicted octanol–water partition coefficient (Wildman–Crippen LogP) is 4.64. The fourth-order valence-electron chi connectivity index (χ4n) is 4.47. The van der Waals surface area contributed by atoms with Crippen molar-refractivity contribution in [2.45, 2.75) is 46.4 Å². The van der Waals surface area contributed by atoms with E-state index in [4.69, 9.17) is 0 Å². The van der Waals surface area contributed by atoms with Gasteiger partial charge in [0.15, 0.2) is 5.82 Å². The average Bonchev–Trinajstić information content (AvgIpc) is 3.51. The lowest BCUT2D eigenvalue weighted by Gasteiger charge is -2.21. The number of pyridine rings is 1. The molecule has 0 aliphatic heterocycles. The Hall–Kier alpha value is -3.62. The van der Waals surface area contributed by atoms with Crippen molar-refractivity contribution < 1.29 is 0 Å². The van der Waals surface area contributed by atoms with Gasteiger partial charge in [-0.2, -0.15) is 0 Å². The fourth-order valence-corrected chi connectivity index (χ4v) is 5.22. The third-order valence-corrected chi connectivity index (χ3v) is 7.01. The molecule has 3 aromatic heterocycles. The van der Waals surface area contributed by atoms with Crippen LogP contribution in [0.1, 0.15) is 33.0 Å². The van der Waals surface area contributed by atoms with E-state index in [2.05, 4.69) is 74.1 Å². The molecule has 0 spiro atoms. The van der Waals surface area contributed by atoms with Gasteiger partial charge < -0.3 is 4.98 Å². The van der Waals surface area contributed by atoms with Crippen molar-refractivity contribution in [1.82, 2.24) is 30.1 Å². The van der Waals surface area contributed by atoms with E-state index in [1.165, 1.54) is 16.0 Å². The van der Waals surface area contributed by atoms with Crippen molar-refractivity contribution in [3.05, 3.63) is 109 Å². The summed E-state index contributed by atoms with van der Waals surface area (Å²) in [5.41, 5.74) is 5.10. The summed E-state index contributed by atoms with van der Waals surface area (Å²) >= 11 is 1.71. The summed E-state index contributed by atoms with van der Waals surface area (Å²) in [5, 5.41) is 15.6. The second-order valence-corrected chi connectivity index (χ2v) is 9.98. The van der Waals surface area contributed by atoms with Crippen LogP contribution in [0.2, 0.25) is 0 Å². The molecule has 35 heavy (non-hydrogen) atoms. The number of fused-ring (bicyclic) bond motifs is 1. The van der Waals surface area contributed by atoms with Gasteiger partial charge in [-0.3, -0.25) is 9.69 Å². The molecule has 0 atom stereocenters. The number of H-pyrrole nitrogens is 1. The van der Waals surface area contributed by atoms with Crippen LogP contribution in [0.25, 0.3) is 10.9 Å². The Morgan fingerprint density at radius 2 is 1.86 bits per heavy atom. The van der Waals surface area contributed by atoms with Crippen LogP contribution < -0.4 is 5.56 Å². The van der Waals surface area contributed by atoms with Gasteiger partial charge in [-0.15, -0.1) is 16.4 Å². The molecule has 0 amide bonds. The van der Waals surface area contributed by atoms with Crippen LogP contribution in [0.4, 0.5) is 0 Å². The normalized spacial score (nSPS) is 11.5. The molecule has 0 unspecified atom stereocenters. The quantitative estimate of drug-likeness (QED) is 0.330. The molecule has 0 aliphatic carbocycles. The van der Waals surface area contributed by atoms with E-state index in [0.717, 1.165) is 34.3 Å². The summed E-state index contributed by atoms with van der Waals surface area (Å²) in [4.78, 5) is 19.6. The predicted molar refractivity (Wildman–Crippen MR) is 139 cm³/mol. The highest BCUT2D eigenvalue weighted by atomic mass is 32.1. The van der Waals surface area contributed by atoms with Gasteiger partial charge in [0.05, 0.1) is 12.1 Å². The van der Waals surface area contributed by atoms with Gasteiger partial charge in [-0.1, -0.05) is 48.0 Å². The third kappa shape index (κ3) is 5.55. The van der Waals surface area contributed by atoms with Crippen molar-refractivity contribution in [3.63, 3.8) is 0 Å². The van der Waals surface area contributed by atoms with Crippen molar-refractivity contribution in [3.8, 4) is 0 Å². The zero-order chi connectivity index (χ0) is 24.2. The van der Waals surface area contributed by atoms with E-state index in [1.54, 1.807) is 11.3 Å². The smallest absolute Gasteiger partial charge is 0.252 e. The highest BCUT2D eigenvalue weighted by Crippen LogP contribution is 2.20. The second kappa shape index (κ2) is 10.3. The van der Waals surface area contributed by atoms with Crippen LogP contribution in [-0.4, -0.2) is 30.1 Å². The number of rotatable bonds is 9. The largest absolute Gasteiger partial charge is 0.321 e. The lowest BCUT2D eigenvalue weighted by Crippen LogP contribution is -2.28. The van der Waals surface area contributed by atoms with Gasteiger partial charge in [0, 0.05) is 30.1 Å². The van der Waals surface area contributed by atoms with Gasteiger partial charge in [-0.25, -0.2) is 4.68 Å². The second-order valence-electron chi connectivity index (χ2n) is 8.95. The molecule has 0 saturated carbocycles. The molecule has 0 radical (unpaired) electrons. The monoisotopic (exact) mass is 484 g/mol. The van der Waals surface area contributed by atoms with E-state index < -0.39 is 0 Å². The van der Waals surface area contributed by atoms with E-state index in [1.807, 2.05) is 35.9 Å². The van der Waals surface area contributed by atoms with Crippen molar-refractivity contribution in [2.75, 3.05) is 0 Å². The van der Waals surface area contributed by atoms with E-state index in [9.17, 15) is 4.79 Å². The molecule has 0 fully saturated rings. The summed E-state index contributed by atoms with van der Waals surface area (Å²) in [6, 6.07) is 20.7. The number of tetrazole rings is 1. The molecule has 2 aromatic carbocycles. The number of nitrogens with zero attached hydrogens (tertiary/aromatic N) is 5. The molecule has 0 bridgehead atoms. The lowest BCUT2D eigenvalue weighted by molar-refractivity contribution is 0.237. The lowest BCUT2D eigenvalue weighted by atomic mass is 10.1. The highest BCUT2D eigenvalue weighted by molar-refractivity contribution is 7.09. The van der Waals surface area contributed by atoms with Crippen LogP contribution in [0, 0.1) is 13.8 Å². The molecule has 0 aliphatic rings. The fraction of sp³-hybridized carbons (Fsp3) is 0.259. The molecule has 0 saturated heterocycles. The molecule has 8 heteroatoms. The summed E-state index contributed by atoms with van der Waals surface area (Å²) in [5.74, 6) is 0.793. The van der Waals surface area contributed by atoms with Crippen molar-refractivity contribution in [2.24, 2.45) is 0 Å². The molecule has 1 N–H and O–H groups in total. The number of aromatic nitrogens is 5. The molecule has 3 heterocycles. The van der Waals surface area contributed by atoms with Crippen LogP contribution in [0.5, 0.6) is 0 Å². The number of aryl methyl sites for hydroxylation is 4. The molecule has 5 rings (SSSR count). The number of aromatic amines is 1. The number of benzene rings is 2. The Balaban J connectivity index is 1.40. The average molecular weight is 485 g/mol. The number of hydrogen-bond donors (Lipinski definition) is 1. The molecule has 178 valence electrons. The number of nitrogens with one attached hydrogen (secondary N) is 1. The van der Waals surface area contributed by atoms with Crippen molar-refractivity contribution >= 4 is 22.2 Å². The standard InChI is InChI=1S/C27H28N6OS/c1-19-13-20(2)26-22(14-19)15-23(27(34)28-26)16-32(17-24-9-6-12-35-24)18-25-29-30-31-33(25)11-10-21-7-4-3-5-8-21/h3-9,12-15H,10-11,16-18H2,1-2H3,(H,28,34). The highest BCUT2D eigenvalue weighted by Gasteiger charge is 2.16. The topological polar surface area (TPSA) is 79.7 Å². The zero-order valence-corrected chi connectivity index (χ0v) is 20.8. The van der Waals surface area contributed by atoms with Crippen molar-refractivity contribution in [1.29, 1.82) is 0 Å². The minimum absolute atomic E-state index is 0.0516. The van der Waals surface area contributed by atoms with Gasteiger partial charge >= 0.3 is 0 Å². The van der Waals surface area contributed by atoms with Gasteiger partial charge in [0.25, 0.3) is 5.56 Å². The van der Waals surface area contributed by atoms with Crippen LogP contribution in [0.3, 0.4) is 0 Å². The Morgan fingerprint density at radius 1 is 1.00 bits per heavy atom. The van der Waals surface area contributed by atoms with E-state index >= 15 is 0 Å². The first-order valence-corrected chi connectivity index (χ1v) is 12.6. The minimum atomic E-state index is -0.0516. The molecule has 7 nitrogen and oxygen atoms in total. The Labute approximate surface area is 208 Å². The van der Waals surface area contributed by atoms with Crippen LogP contribution in [-0.2, 0) is 32.6 Å². The molecular weight excluding hydrogens is 456 g/mol. The SMILES string of the molecule is Cc1cc(C)c2[nH]c(=O)c(CN(Cc3cccs3)Cc3nnnn3CCc3ccccc3)cc2c1. The molecule has 5 aromatic rings. The summed E-state index contributed by atoms with van der Waals surface area (Å²) < 4.78 is 1.87. The number of hydrogen-bond acceptors (Lipinski definition) is 6. The summed E-state index contributed by atoms with van der Waals surface area (Å²) in [6.45, 7) is 6.58. The first-order chi connectivity index (χ1) is 17.0. The maximum absolute atomic E-state index is 13.0. The maximum Gasteiger partial charge on any atom is 0.252 e. The first kappa shape index (κ1) is 23.1. The van der Waals surface area contributed by atoms with Crippen LogP contribution >= 0.6 is 11.3 Å². The summed E-state index contributed by atoms with van der Waals surface area (Å²) in [6.07, 6.45) is 0.854. The Bertz CT molecular complexity index is 1470. The van der Waals surface area contributed by atoms with Gasteiger partial charge in [0.1, 0.15) is 0 Å². The minimum Gasteiger partial charge on any atom is -0.321 e. The van der Waals surface area contributed by atoms with Gasteiger partial charge in [-0.05, 0) is 70.8 Å². The van der Waals surface area contributed by atoms with Gasteiger partial charge in [0.2, 0.25) is 0 Å². The van der Waals surface area contributed by atoms with E-state index in [-0.39, 0.29) is 5.56 Å².